The van der Waals surface area contributed by atoms with Crippen molar-refractivity contribution >= 4 is 11.8 Å². The van der Waals surface area contributed by atoms with Gasteiger partial charge in [0.2, 0.25) is 0 Å². The highest BCUT2D eigenvalue weighted by Crippen LogP contribution is 2.33. The molecule has 1 aromatic rings. The molecule has 0 aliphatic carbocycles. The molecule has 0 spiro atoms. The lowest BCUT2D eigenvalue weighted by molar-refractivity contribution is 0.0583. The lowest BCUT2D eigenvalue weighted by atomic mass is 9.95. The van der Waals surface area contributed by atoms with Crippen LogP contribution in [0.25, 0.3) is 0 Å². The van der Waals surface area contributed by atoms with Crippen LogP contribution in [-0.2, 0) is 17.7 Å². The van der Waals surface area contributed by atoms with E-state index in [9.17, 15) is 4.79 Å². The fourth-order valence-corrected chi connectivity index (χ4v) is 3.61. The molecule has 0 aromatic heterocycles. The van der Waals surface area contributed by atoms with E-state index >= 15 is 0 Å². The van der Waals surface area contributed by atoms with Crippen molar-refractivity contribution in [1.29, 1.82) is 0 Å². The molecule has 0 radical (unpaired) electrons. The number of para-hydroxylation sites is 1. The van der Waals surface area contributed by atoms with Crippen molar-refractivity contribution in [2.45, 2.75) is 79.0 Å². The summed E-state index contributed by atoms with van der Waals surface area (Å²) in [5.41, 5.74) is 2.98. The summed E-state index contributed by atoms with van der Waals surface area (Å²) in [6.07, 6.45) is 3.01. The molecule has 4 nitrogen and oxygen atoms in total. The minimum atomic E-state index is -0.475. The molecule has 1 aliphatic heterocycles. The fourth-order valence-electron chi connectivity index (χ4n) is 3.61. The lowest BCUT2D eigenvalue weighted by Gasteiger charge is -2.27. The van der Waals surface area contributed by atoms with Crippen molar-refractivity contribution in [2.75, 3.05) is 11.4 Å². The second kappa shape index (κ2) is 8.22. The summed E-state index contributed by atoms with van der Waals surface area (Å²) in [5.74, 6) is 0.679. The molecule has 25 heavy (non-hydrogen) atoms. The molecule has 2 rings (SSSR count). The molecular weight excluding hydrogens is 312 g/mol. The third-order valence-corrected chi connectivity index (χ3v) is 5.06. The van der Waals surface area contributed by atoms with Gasteiger partial charge in [0, 0.05) is 19.1 Å². The van der Waals surface area contributed by atoms with Crippen LogP contribution < -0.4 is 10.2 Å². The monoisotopic (exact) mass is 346 g/mol. The molecule has 1 amide bonds. The number of amides is 1. The van der Waals surface area contributed by atoms with Crippen LogP contribution in [0.1, 0.15) is 65.5 Å². The second-order valence-corrected chi connectivity index (χ2v) is 8.05. The molecule has 0 saturated heterocycles. The predicted molar refractivity (Wildman–Crippen MR) is 104 cm³/mol. The number of nitrogens with zero attached hydrogens (tertiary/aromatic N) is 1. The number of carbonyl (C=O) groups is 1. The van der Waals surface area contributed by atoms with Crippen LogP contribution in [0.4, 0.5) is 10.5 Å². The number of ether oxygens (including phenoxy) is 1. The summed E-state index contributed by atoms with van der Waals surface area (Å²) in [4.78, 5) is 14.4. The molecule has 4 heteroatoms. The van der Waals surface area contributed by atoms with Crippen LogP contribution >= 0.6 is 0 Å². The van der Waals surface area contributed by atoms with Gasteiger partial charge < -0.3 is 10.1 Å². The van der Waals surface area contributed by atoms with E-state index in [1.165, 1.54) is 24.0 Å². The van der Waals surface area contributed by atoms with Gasteiger partial charge in [-0.25, -0.2) is 4.79 Å². The van der Waals surface area contributed by atoms with Crippen molar-refractivity contribution in [3.63, 3.8) is 0 Å². The van der Waals surface area contributed by atoms with Gasteiger partial charge in [-0.1, -0.05) is 44.9 Å². The van der Waals surface area contributed by atoms with Gasteiger partial charge in [0.05, 0.1) is 5.69 Å². The topological polar surface area (TPSA) is 41.6 Å². The first kappa shape index (κ1) is 19.8. The number of rotatable bonds is 6. The van der Waals surface area contributed by atoms with Gasteiger partial charge in [-0.05, 0) is 51.2 Å². The van der Waals surface area contributed by atoms with Crippen LogP contribution in [0.15, 0.2) is 18.2 Å². The van der Waals surface area contributed by atoms with Crippen molar-refractivity contribution in [3.8, 4) is 0 Å². The molecule has 1 unspecified atom stereocenters. The van der Waals surface area contributed by atoms with Crippen LogP contribution in [0.5, 0.6) is 0 Å². The Morgan fingerprint density at radius 2 is 1.96 bits per heavy atom. The number of hydrogen-bond donors (Lipinski definition) is 1. The zero-order valence-electron chi connectivity index (χ0n) is 16.7. The first-order chi connectivity index (χ1) is 11.8. The summed E-state index contributed by atoms with van der Waals surface area (Å²) < 4.78 is 5.60. The molecule has 1 heterocycles. The number of fused-ring (bicyclic) bond motifs is 1. The zero-order chi connectivity index (χ0) is 18.6. The Balaban J connectivity index is 2.15. The van der Waals surface area contributed by atoms with E-state index in [1.54, 1.807) is 4.90 Å². The van der Waals surface area contributed by atoms with E-state index in [1.807, 2.05) is 20.8 Å². The second-order valence-electron chi connectivity index (χ2n) is 8.05. The van der Waals surface area contributed by atoms with Crippen molar-refractivity contribution in [2.24, 2.45) is 5.92 Å². The Hall–Kier alpha value is -1.55. The largest absolute Gasteiger partial charge is 0.443 e. The number of anilines is 1. The number of hydrogen-bond acceptors (Lipinski definition) is 3. The standard InChI is InChI=1S/C21H34N2O2/c1-7-16(8-2)15(3)22-14-18-11-9-10-17-12-13-23(19(17)18)20(24)25-21(4,5)6/h9-11,15-16,22H,7-8,12-14H2,1-6H3. The quantitative estimate of drug-likeness (QED) is 0.796. The third-order valence-electron chi connectivity index (χ3n) is 5.06. The van der Waals surface area contributed by atoms with Crippen molar-refractivity contribution in [1.82, 2.24) is 5.32 Å². The molecule has 1 aromatic carbocycles. The average molecular weight is 347 g/mol. The smallest absolute Gasteiger partial charge is 0.414 e. The number of nitrogens with one attached hydrogen (secondary N) is 1. The van der Waals surface area contributed by atoms with Gasteiger partial charge in [0.25, 0.3) is 0 Å². The normalized spacial score (nSPS) is 15.4. The Morgan fingerprint density at radius 1 is 1.28 bits per heavy atom. The van der Waals surface area contributed by atoms with Crippen LogP contribution in [0, 0.1) is 5.92 Å². The van der Waals surface area contributed by atoms with E-state index in [0.717, 1.165) is 18.7 Å². The van der Waals surface area contributed by atoms with Gasteiger partial charge in [-0.2, -0.15) is 0 Å². The van der Waals surface area contributed by atoms with Gasteiger partial charge in [0.1, 0.15) is 5.60 Å². The SMILES string of the molecule is CCC(CC)C(C)NCc1cccc2c1N(C(=O)OC(C)(C)C)CC2. The highest BCUT2D eigenvalue weighted by atomic mass is 16.6. The highest BCUT2D eigenvalue weighted by Gasteiger charge is 2.30. The molecule has 1 aliphatic rings. The first-order valence-corrected chi connectivity index (χ1v) is 9.61. The predicted octanol–water partition coefficient (Wildman–Crippen LogP) is 4.90. The van der Waals surface area contributed by atoms with Crippen LogP contribution in [0.2, 0.25) is 0 Å². The van der Waals surface area contributed by atoms with E-state index in [4.69, 9.17) is 4.74 Å². The van der Waals surface area contributed by atoms with E-state index in [0.29, 0.717) is 18.5 Å². The maximum atomic E-state index is 12.6. The third kappa shape index (κ3) is 4.97. The van der Waals surface area contributed by atoms with Crippen LogP contribution in [0.3, 0.4) is 0 Å². The van der Waals surface area contributed by atoms with Gasteiger partial charge in [0.15, 0.2) is 0 Å². The van der Waals surface area contributed by atoms with E-state index < -0.39 is 5.60 Å². The van der Waals surface area contributed by atoms with Gasteiger partial charge in [-0.3, -0.25) is 4.90 Å². The van der Waals surface area contributed by atoms with E-state index in [2.05, 4.69) is 44.3 Å². The summed E-state index contributed by atoms with van der Waals surface area (Å²) in [6, 6.07) is 6.79. The average Bonchev–Trinajstić information content (AvgIpc) is 2.97. The molecule has 0 bridgehead atoms. The molecule has 1 atom stereocenters. The minimum Gasteiger partial charge on any atom is -0.443 e. The maximum absolute atomic E-state index is 12.6. The Labute approximate surface area is 152 Å². The van der Waals surface area contributed by atoms with Gasteiger partial charge in [-0.15, -0.1) is 0 Å². The van der Waals surface area contributed by atoms with Crippen molar-refractivity contribution in [3.05, 3.63) is 29.3 Å². The lowest BCUT2D eigenvalue weighted by Crippen LogP contribution is -2.37. The molecule has 0 fully saturated rings. The maximum Gasteiger partial charge on any atom is 0.414 e. The minimum absolute atomic E-state index is 0.244. The molecule has 1 N–H and O–H groups in total. The summed E-state index contributed by atoms with van der Waals surface area (Å²) in [6.45, 7) is 14.0. The zero-order valence-corrected chi connectivity index (χ0v) is 16.7. The fraction of sp³-hybridized carbons (Fsp3) is 0.667. The molecule has 0 saturated carbocycles. The molecular formula is C21H34N2O2. The van der Waals surface area contributed by atoms with Crippen LogP contribution in [-0.4, -0.2) is 24.3 Å². The van der Waals surface area contributed by atoms with Gasteiger partial charge >= 0.3 is 6.09 Å². The Kier molecular flexibility index (Phi) is 6.50. The number of carbonyl (C=O) groups excluding carboxylic acids is 1. The summed E-state index contributed by atoms with van der Waals surface area (Å²) in [7, 11) is 0. The number of benzene rings is 1. The first-order valence-electron chi connectivity index (χ1n) is 9.61. The van der Waals surface area contributed by atoms with Crippen molar-refractivity contribution < 1.29 is 9.53 Å². The highest BCUT2D eigenvalue weighted by molar-refractivity contribution is 5.91. The van der Waals surface area contributed by atoms with E-state index in [-0.39, 0.29) is 6.09 Å². The molecule has 140 valence electrons. The Morgan fingerprint density at radius 3 is 2.56 bits per heavy atom. The summed E-state index contributed by atoms with van der Waals surface area (Å²) >= 11 is 0. The summed E-state index contributed by atoms with van der Waals surface area (Å²) in [5, 5.41) is 3.66. The Bertz CT molecular complexity index is 588.